The second-order valence-electron chi connectivity index (χ2n) is 6.10. The molecule has 3 rings (SSSR count). The zero-order chi connectivity index (χ0) is 19.2. The first-order chi connectivity index (χ1) is 13.0. The number of nitrogens with one attached hydrogen (secondary N) is 2. The van der Waals surface area contributed by atoms with Crippen LogP contribution in [0, 0.1) is 0 Å². The van der Waals surface area contributed by atoms with E-state index in [4.69, 9.17) is 0 Å². The number of carbonyl (C=O) groups is 1. The van der Waals surface area contributed by atoms with Gasteiger partial charge in [-0.1, -0.05) is 61.2 Å². The van der Waals surface area contributed by atoms with E-state index < -0.39 is 5.25 Å². The van der Waals surface area contributed by atoms with E-state index in [9.17, 15) is 9.59 Å². The standard InChI is InChI=1S/C21H21N3O2S/c1-3-15-9-11-17(12-10-15)22-20(26)14(2)27-21-23-18(13-19(25)24-21)16-7-5-4-6-8-16/h4-14H,3H2,1-2H3,(H,22,26)(H,23,24,25)/t14-/m1/s1. The summed E-state index contributed by atoms with van der Waals surface area (Å²) in [4.78, 5) is 31.6. The maximum Gasteiger partial charge on any atom is 0.252 e. The Kier molecular flexibility index (Phi) is 6.08. The third-order valence-electron chi connectivity index (χ3n) is 4.08. The van der Waals surface area contributed by atoms with Crippen molar-refractivity contribution in [2.24, 2.45) is 0 Å². The van der Waals surface area contributed by atoms with E-state index >= 15 is 0 Å². The van der Waals surface area contributed by atoms with Crippen molar-refractivity contribution in [2.45, 2.75) is 30.7 Å². The monoisotopic (exact) mass is 379 g/mol. The number of rotatable bonds is 6. The molecule has 0 spiro atoms. The number of hydrogen-bond donors (Lipinski definition) is 2. The number of hydrogen-bond acceptors (Lipinski definition) is 4. The molecule has 5 nitrogen and oxygen atoms in total. The van der Waals surface area contributed by atoms with Crippen LogP contribution in [0.1, 0.15) is 19.4 Å². The van der Waals surface area contributed by atoms with Crippen molar-refractivity contribution in [2.75, 3.05) is 5.32 Å². The van der Waals surface area contributed by atoms with Crippen molar-refractivity contribution >= 4 is 23.4 Å². The highest BCUT2D eigenvalue weighted by Gasteiger charge is 2.17. The van der Waals surface area contributed by atoms with Gasteiger partial charge in [0.25, 0.3) is 5.56 Å². The van der Waals surface area contributed by atoms with Crippen molar-refractivity contribution < 1.29 is 4.79 Å². The minimum atomic E-state index is -0.412. The Hall–Kier alpha value is -2.86. The van der Waals surface area contributed by atoms with Crippen molar-refractivity contribution in [3.63, 3.8) is 0 Å². The first-order valence-corrected chi connectivity index (χ1v) is 9.66. The molecule has 0 bridgehead atoms. The zero-order valence-corrected chi connectivity index (χ0v) is 16.0. The van der Waals surface area contributed by atoms with Gasteiger partial charge < -0.3 is 10.3 Å². The minimum absolute atomic E-state index is 0.142. The van der Waals surface area contributed by atoms with E-state index in [2.05, 4.69) is 22.2 Å². The van der Waals surface area contributed by atoms with Gasteiger partial charge in [-0.05, 0) is 31.0 Å². The number of aromatic amines is 1. The van der Waals surface area contributed by atoms with Gasteiger partial charge in [-0.15, -0.1) is 0 Å². The zero-order valence-electron chi connectivity index (χ0n) is 15.2. The fraction of sp³-hybridized carbons (Fsp3) is 0.190. The van der Waals surface area contributed by atoms with E-state index in [0.29, 0.717) is 10.9 Å². The van der Waals surface area contributed by atoms with E-state index in [1.54, 1.807) is 6.92 Å². The van der Waals surface area contributed by atoms with E-state index in [1.165, 1.54) is 23.4 Å². The van der Waals surface area contributed by atoms with Gasteiger partial charge in [-0.25, -0.2) is 4.98 Å². The van der Waals surface area contributed by atoms with Crippen LogP contribution in [0.2, 0.25) is 0 Å². The van der Waals surface area contributed by atoms with Crippen LogP contribution in [-0.2, 0) is 11.2 Å². The molecule has 3 aromatic rings. The number of amides is 1. The summed E-state index contributed by atoms with van der Waals surface area (Å²) in [6, 6.07) is 18.7. The van der Waals surface area contributed by atoms with Crippen LogP contribution in [0.25, 0.3) is 11.3 Å². The molecule has 1 aromatic heterocycles. The fourth-order valence-corrected chi connectivity index (χ4v) is 3.35. The molecule has 1 heterocycles. The lowest BCUT2D eigenvalue weighted by molar-refractivity contribution is -0.115. The van der Waals surface area contributed by atoms with Crippen molar-refractivity contribution in [1.29, 1.82) is 0 Å². The number of benzene rings is 2. The van der Waals surface area contributed by atoms with Crippen LogP contribution >= 0.6 is 11.8 Å². The molecular weight excluding hydrogens is 358 g/mol. The topological polar surface area (TPSA) is 74.8 Å². The third kappa shape index (κ3) is 5.08. The predicted molar refractivity (Wildman–Crippen MR) is 110 cm³/mol. The lowest BCUT2D eigenvalue weighted by atomic mass is 10.1. The Morgan fingerprint density at radius 3 is 2.52 bits per heavy atom. The Morgan fingerprint density at radius 1 is 1.15 bits per heavy atom. The minimum Gasteiger partial charge on any atom is -0.325 e. The van der Waals surface area contributed by atoms with Gasteiger partial charge in [-0.2, -0.15) is 0 Å². The van der Waals surface area contributed by atoms with Gasteiger partial charge >= 0.3 is 0 Å². The molecule has 2 aromatic carbocycles. The summed E-state index contributed by atoms with van der Waals surface area (Å²) in [5, 5.41) is 2.90. The highest BCUT2D eigenvalue weighted by Crippen LogP contribution is 2.23. The van der Waals surface area contributed by atoms with Gasteiger partial charge in [0, 0.05) is 17.3 Å². The van der Waals surface area contributed by atoms with Crippen molar-refractivity contribution in [1.82, 2.24) is 9.97 Å². The van der Waals surface area contributed by atoms with Crippen molar-refractivity contribution in [3.8, 4) is 11.3 Å². The second kappa shape index (κ2) is 8.68. The van der Waals surface area contributed by atoms with Crippen LogP contribution in [0.5, 0.6) is 0 Å². The Balaban J connectivity index is 1.71. The van der Waals surface area contributed by atoms with Gasteiger partial charge in [0.2, 0.25) is 5.91 Å². The van der Waals surface area contributed by atoms with Gasteiger partial charge in [0.15, 0.2) is 5.16 Å². The molecule has 0 unspecified atom stereocenters. The first kappa shape index (κ1) is 18.9. The van der Waals surface area contributed by atoms with E-state index in [1.807, 2.05) is 54.6 Å². The summed E-state index contributed by atoms with van der Waals surface area (Å²) in [5.41, 5.74) is 3.18. The lowest BCUT2D eigenvalue weighted by Crippen LogP contribution is -2.23. The molecule has 1 atom stereocenters. The molecule has 0 saturated carbocycles. The van der Waals surface area contributed by atoms with Gasteiger partial charge in [0.1, 0.15) is 0 Å². The number of carbonyl (C=O) groups excluding carboxylic acids is 1. The SMILES string of the molecule is CCc1ccc(NC(=O)[C@@H](C)Sc2nc(-c3ccccc3)cc(=O)[nH]2)cc1. The van der Waals surface area contributed by atoms with E-state index in [0.717, 1.165) is 17.7 Å². The van der Waals surface area contributed by atoms with Crippen LogP contribution in [-0.4, -0.2) is 21.1 Å². The molecule has 0 aliphatic heterocycles. The summed E-state index contributed by atoms with van der Waals surface area (Å²) in [6.07, 6.45) is 0.956. The molecule has 0 saturated heterocycles. The molecule has 0 fully saturated rings. The largest absolute Gasteiger partial charge is 0.325 e. The molecular formula is C21H21N3O2S. The maximum absolute atomic E-state index is 12.5. The summed E-state index contributed by atoms with van der Waals surface area (Å²) in [5.74, 6) is -0.142. The number of aromatic nitrogens is 2. The average molecular weight is 379 g/mol. The highest BCUT2D eigenvalue weighted by molar-refractivity contribution is 8.00. The summed E-state index contributed by atoms with van der Waals surface area (Å²) < 4.78 is 0. The van der Waals surface area contributed by atoms with Crippen molar-refractivity contribution in [3.05, 3.63) is 76.6 Å². The third-order valence-corrected chi connectivity index (χ3v) is 5.06. The van der Waals surface area contributed by atoms with Crippen LogP contribution < -0.4 is 10.9 Å². The number of aryl methyl sites for hydroxylation is 1. The smallest absolute Gasteiger partial charge is 0.252 e. The Labute approximate surface area is 162 Å². The maximum atomic E-state index is 12.5. The average Bonchev–Trinajstić information content (AvgIpc) is 2.68. The number of H-pyrrole nitrogens is 1. The fourth-order valence-electron chi connectivity index (χ4n) is 2.54. The molecule has 0 aliphatic rings. The molecule has 0 radical (unpaired) electrons. The second-order valence-corrected chi connectivity index (χ2v) is 7.43. The van der Waals surface area contributed by atoms with Crippen LogP contribution in [0.15, 0.2) is 70.6 Å². The molecule has 2 N–H and O–H groups in total. The molecule has 0 aliphatic carbocycles. The quantitative estimate of drug-likeness (QED) is 0.499. The first-order valence-electron chi connectivity index (χ1n) is 8.78. The Bertz CT molecular complexity index is 969. The van der Waals surface area contributed by atoms with E-state index in [-0.39, 0.29) is 11.5 Å². The highest BCUT2D eigenvalue weighted by atomic mass is 32.2. The molecule has 138 valence electrons. The number of nitrogens with zero attached hydrogens (tertiary/aromatic N) is 1. The molecule has 27 heavy (non-hydrogen) atoms. The normalized spacial score (nSPS) is 11.8. The van der Waals surface area contributed by atoms with Crippen LogP contribution in [0.4, 0.5) is 5.69 Å². The number of thioether (sulfide) groups is 1. The predicted octanol–water partition coefficient (Wildman–Crippen LogP) is 4.12. The molecule has 1 amide bonds. The lowest BCUT2D eigenvalue weighted by Gasteiger charge is -2.12. The molecule has 6 heteroatoms. The summed E-state index contributed by atoms with van der Waals surface area (Å²) in [7, 11) is 0. The van der Waals surface area contributed by atoms with Crippen LogP contribution in [0.3, 0.4) is 0 Å². The Morgan fingerprint density at radius 2 is 1.85 bits per heavy atom. The summed E-state index contributed by atoms with van der Waals surface area (Å²) in [6.45, 7) is 3.87. The number of anilines is 1. The van der Waals surface area contributed by atoms with Gasteiger partial charge in [0.05, 0.1) is 10.9 Å². The van der Waals surface area contributed by atoms with Gasteiger partial charge in [-0.3, -0.25) is 9.59 Å². The summed E-state index contributed by atoms with van der Waals surface area (Å²) >= 11 is 1.22.